The molecule has 2 atom stereocenters. The van der Waals surface area contributed by atoms with E-state index in [1.165, 1.54) is 0 Å². The van der Waals surface area contributed by atoms with Crippen molar-refractivity contribution >= 4 is 23.8 Å². The number of hydrogen-bond acceptors (Lipinski definition) is 3. The quantitative estimate of drug-likeness (QED) is 0.795. The van der Waals surface area contributed by atoms with Crippen LogP contribution >= 0.6 is 11.8 Å². The number of carboxylic acids is 1. The van der Waals surface area contributed by atoms with Gasteiger partial charge in [0.1, 0.15) is 0 Å². The van der Waals surface area contributed by atoms with E-state index >= 15 is 0 Å². The third-order valence-electron chi connectivity index (χ3n) is 3.90. The molecule has 2 aliphatic heterocycles. The van der Waals surface area contributed by atoms with Gasteiger partial charge in [0.25, 0.3) is 0 Å². The Balaban J connectivity index is 1.99. The highest BCUT2D eigenvalue weighted by molar-refractivity contribution is 8.00. The van der Waals surface area contributed by atoms with Gasteiger partial charge in [-0.1, -0.05) is 6.92 Å². The number of carboxylic acid groups (broad SMARTS) is 1. The Morgan fingerprint density at radius 2 is 1.95 bits per heavy atom. The number of nitrogens with zero attached hydrogens (tertiary/aromatic N) is 2. The maximum absolute atomic E-state index is 12.5. The highest BCUT2D eigenvalue weighted by Gasteiger charge is 2.40. The SMILES string of the molecule is C[C@@H]1CN(C(=O)N2CCSC(C)(C)C2)C[C@H]1C(=O)O. The van der Waals surface area contributed by atoms with Crippen LogP contribution in [0, 0.1) is 11.8 Å². The molecule has 6 heteroatoms. The summed E-state index contributed by atoms with van der Waals surface area (Å²) < 4.78 is 0.0887. The molecule has 0 unspecified atom stereocenters. The van der Waals surface area contributed by atoms with E-state index in [2.05, 4.69) is 13.8 Å². The molecule has 1 N–H and O–H groups in total. The lowest BCUT2D eigenvalue weighted by Gasteiger charge is -2.39. The zero-order valence-electron chi connectivity index (χ0n) is 11.8. The first-order valence-electron chi connectivity index (χ1n) is 6.71. The van der Waals surface area contributed by atoms with Gasteiger partial charge in [-0.3, -0.25) is 4.79 Å². The molecule has 0 aromatic carbocycles. The van der Waals surface area contributed by atoms with Gasteiger partial charge in [-0.2, -0.15) is 11.8 Å². The molecule has 0 aliphatic carbocycles. The molecule has 2 aliphatic rings. The van der Waals surface area contributed by atoms with Gasteiger partial charge >= 0.3 is 12.0 Å². The zero-order valence-corrected chi connectivity index (χ0v) is 12.6. The van der Waals surface area contributed by atoms with E-state index in [-0.39, 0.29) is 16.7 Å². The molecule has 19 heavy (non-hydrogen) atoms. The normalized spacial score (nSPS) is 30.5. The molecule has 2 amide bonds. The van der Waals surface area contributed by atoms with Gasteiger partial charge in [0.15, 0.2) is 0 Å². The number of aliphatic carboxylic acids is 1. The van der Waals surface area contributed by atoms with Crippen molar-refractivity contribution in [2.45, 2.75) is 25.5 Å². The maximum Gasteiger partial charge on any atom is 0.320 e. The Hall–Kier alpha value is -0.910. The number of carbonyl (C=O) groups excluding carboxylic acids is 1. The van der Waals surface area contributed by atoms with Crippen molar-refractivity contribution in [3.63, 3.8) is 0 Å². The Kier molecular flexibility index (Phi) is 3.99. The summed E-state index contributed by atoms with van der Waals surface area (Å²) in [5, 5.41) is 9.12. The van der Waals surface area contributed by atoms with Crippen molar-refractivity contribution in [2.24, 2.45) is 11.8 Å². The first-order valence-corrected chi connectivity index (χ1v) is 7.69. The summed E-state index contributed by atoms with van der Waals surface area (Å²) in [6, 6.07) is 0.00368. The number of urea groups is 1. The zero-order chi connectivity index (χ0) is 14.2. The first kappa shape index (κ1) is 14.5. The van der Waals surface area contributed by atoms with Crippen LogP contribution in [-0.4, -0.2) is 63.6 Å². The van der Waals surface area contributed by atoms with Crippen LogP contribution in [0.1, 0.15) is 20.8 Å². The number of rotatable bonds is 1. The van der Waals surface area contributed by atoms with Gasteiger partial charge in [-0.15, -0.1) is 0 Å². The van der Waals surface area contributed by atoms with E-state index < -0.39 is 11.9 Å². The van der Waals surface area contributed by atoms with Crippen molar-refractivity contribution in [2.75, 3.05) is 31.9 Å². The molecule has 0 bridgehead atoms. The molecule has 2 rings (SSSR count). The highest BCUT2D eigenvalue weighted by Crippen LogP contribution is 2.31. The Bertz CT molecular complexity index is 386. The average molecular weight is 286 g/mol. The van der Waals surface area contributed by atoms with Crippen LogP contribution in [0.5, 0.6) is 0 Å². The van der Waals surface area contributed by atoms with Crippen LogP contribution in [0.25, 0.3) is 0 Å². The lowest BCUT2D eigenvalue weighted by Crippen LogP contribution is -2.51. The fraction of sp³-hybridized carbons (Fsp3) is 0.846. The van der Waals surface area contributed by atoms with Crippen LogP contribution in [0.4, 0.5) is 4.79 Å². The molecule has 2 heterocycles. The minimum Gasteiger partial charge on any atom is -0.481 e. The topological polar surface area (TPSA) is 60.9 Å². The number of amides is 2. The van der Waals surface area contributed by atoms with E-state index in [0.717, 1.165) is 18.8 Å². The maximum atomic E-state index is 12.5. The predicted octanol–water partition coefficient (Wildman–Crippen LogP) is 1.59. The third-order valence-corrected chi connectivity index (χ3v) is 5.19. The summed E-state index contributed by atoms with van der Waals surface area (Å²) in [7, 11) is 0. The Labute approximate surface area is 118 Å². The molecular formula is C13H22N2O3S. The van der Waals surface area contributed by atoms with Crippen LogP contribution in [0.3, 0.4) is 0 Å². The average Bonchev–Trinajstić information content (AvgIpc) is 2.69. The second kappa shape index (κ2) is 5.23. The van der Waals surface area contributed by atoms with Crippen molar-refractivity contribution in [1.82, 2.24) is 9.80 Å². The van der Waals surface area contributed by atoms with Crippen molar-refractivity contribution < 1.29 is 14.7 Å². The minimum atomic E-state index is -0.794. The smallest absolute Gasteiger partial charge is 0.320 e. The third kappa shape index (κ3) is 3.16. The summed E-state index contributed by atoms with van der Waals surface area (Å²) in [6.45, 7) is 8.59. The van der Waals surface area contributed by atoms with Gasteiger partial charge in [-0.25, -0.2) is 4.79 Å². The number of hydrogen-bond donors (Lipinski definition) is 1. The molecule has 0 aromatic rings. The molecule has 0 radical (unpaired) electrons. The Morgan fingerprint density at radius 1 is 1.26 bits per heavy atom. The lowest BCUT2D eigenvalue weighted by atomic mass is 9.99. The fourth-order valence-corrected chi connectivity index (χ4v) is 3.94. The molecular weight excluding hydrogens is 264 g/mol. The number of carbonyl (C=O) groups is 2. The minimum absolute atomic E-state index is 0.00368. The molecule has 0 aromatic heterocycles. The fourth-order valence-electron chi connectivity index (χ4n) is 2.82. The van der Waals surface area contributed by atoms with Crippen LogP contribution in [-0.2, 0) is 4.79 Å². The van der Waals surface area contributed by atoms with E-state index in [4.69, 9.17) is 5.11 Å². The van der Waals surface area contributed by atoms with E-state index in [0.29, 0.717) is 13.1 Å². The number of likely N-dealkylation sites (tertiary alicyclic amines) is 1. The largest absolute Gasteiger partial charge is 0.481 e. The second-order valence-electron chi connectivity index (χ2n) is 6.14. The number of thioether (sulfide) groups is 1. The molecule has 0 spiro atoms. The summed E-state index contributed by atoms with van der Waals surface area (Å²) in [5.74, 6) is -0.230. The second-order valence-corrected chi connectivity index (χ2v) is 7.94. The van der Waals surface area contributed by atoms with E-state index in [9.17, 15) is 9.59 Å². The van der Waals surface area contributed by atoms with Gasteiger partial charge in [0, 0.05) is 36.7 Å². The van der Waals surface area contributed by atoms with Crippen molar-refractivity contribution in [3.8, 4) is 0 Å². The molecule has 5 nitrogen and oxygen atoms in total. The predicted molar refractivity (Wildman–Crippen MR) is 75.4 cm³/mol. The Morgan fingerprint density at radius 3 is 2.47 bits per heavy atom. The molecule has 2 fully saturated rings. The van der Waals surface area contributed by atoms with E-state index in [1.807, 2.05) is 23.6 Å². The standard InChI is InChI=1S/C13H22N2O3S/c1-9-6-15(7-10(9)11(16)17)12(18)14-4-5-19-13(2,3)8-14/h9-10H,4-8H2,1-3H3,(H,16,17)/t9-,10-/m1/s1. The van der Waals surface area contributed by atoms with E-state index in [1.54, 1.807) is 4.90 Å². The monoisotopic (exact) mass is 286 g/mol. The van der Waals surface area contributed by atoms with Gasteiger partial charge in [-0.05, 0) is 19.8 Å². The van der Waals surface area contributed by atoms with Crippen LogP contribution in [0.2, 0.25) is 0 Å². The summed E-state index contributed by atoms with van der Waals surface area (Å²) in [6.07, 6.45) is 0. The first-order chi connectivity index (χ1) is 8.80. The van der Waals surface area contributed by atoms with Crippen LogP contribution < -0.4 is 0 Å². The van der Waals surface area contributed by atoms with Crippen molar-refractivity contribution in [1.29, 1.82) is 0 Å². The van der Waals surface area contributed by atoms with Gasteiger partial charge < -0.3 is 14.9 Å². The summed E-state index contributed by atoms with van der Waals surface area (Å²) in [4.78, 5) is 27.1. The lowest BCUT2D eigenvalue weighted by molar-refractivity contribution is -0.142. The molecule has 108 valence electrons. The van der Waals surface area contributed by atoms with Crippen molar-refractivity contribution in [3.05, 3.63) is 0 Å². The summed E-state index contributed by atoms with van der Waals surface area (Å²) >= 11 is 1.88. The molecule has 0 saturated carbocycles. The summed E-state index contributed by atoms with van der Waals surface area (Å²) in [5.41, 5.74) is 0. The van der Waals surface area contributed by atoms with Crippen LogP contribution in [0.15, 0.2) is 0 Å². The van der Waals surface area contributed by atoms with Gasteiger partial charge in [0.2, 0.25) is 0 Å². The highest BCUT2D eigenvalue weighted by atomic mass is 32.2. The van der Waals surface area contributed by atoms with Gasteiger partial charge in [0.05, 0.1) is 5.92 Å². The molecule has 2 saturated heterocycles.